The molecular formula is C17H20N4OS3. The van der Waals surface area contributed by atoms with E-state index in [0.29, 0.717) is 5.92 Å². The number of methoxy groups -OCH3 is 1. The average Bonchev–Trinajstić information content (AvgIpc) is 3.27. The van der Waals surface area contributed by atoms with Crippen LogP contribution >= 0.6 is 34.4 Å². The Morgan fingerprint density at radius 3 is 2.88 bits per heavy atom. The van der Waals surface area contributed by atoms with Crippen LogP contribution in [-0.4, -0.2) is 28.8 Å². The van der Waals surface area contributed by atoms with Crippen molar-refractivity contribution in [1.82, 2.24) is 15.2 Å². The molecule has 25 heavy (non-hydrogen) atoms. The van der Waals surface area contributed by atoms with Crippen LogP contribution in [0.3, 0.4) is 0 Å². The zero-order valence-electron chi connectivity index (χ0n) is 14.4. The van der Waals surface area contributed by atoms with E-state index in [1.54, 1.807) is 41.5 Å². The van der Waals surface area contributed by atoms with Crippen molar-refractivity contribution in [2.75, 3.05) is 19.0 Å². The SMILES string of the molecule is COc1ccccc1-c1nc(CSc2nnc(NCC(C)C)s2)cs1. The predicted molar refractivity (Wildman–Crippen MR) is 107 cm³/mol. The molecule has 1 aromatic carbocycles. The van der Waals surface area contributed by atoms with Crippen molar-refractivity contribution in [2.45, 2.75) is 23.9 Å². The zero-order valence-corrected chi connectivity index (χ0v) is 16.8. The molecule has 132 valence electrons. The first-order valence-electron chi connectivity index (χ1n) is 7.93. The first-order chi connectivity index (χ1) is 12.2. The van der Waals surface area contributed by atoms with Gasteiger partial charge in [-0.15, -0.1) is 21.5 Å². The van der Waals surface area contributed by atoms with Crippen LogP contribution in [0.15, 0.2) is 34.0 Å². The monoisotopic (exact) mass is 392 g/mol. The first kappa shape index (κ1) is 18.2. The van der Waals surface area contributed by atoms with Gasteiger partial charge in [-0.3, -0.25) is 0 Å². The van der Waals surface area contributed by atoms with Gasteiger partial charge in [0.2, 0.25) is 5.13 Å². The highest BCUT2D eigenvalue weighted by atomic mass is 32.2. The first-order valence-corrected chi connectivity index (χ1v) is 10.6. The molecule has 0 amide bonds. The molecule has 8 heteroatoms. The Labute approximate surface area is 159 Å². The van der Waals surface area contributed by atoms with Gasteiger partial charge in [0.1, 0.15) is 10.8 Å². The largest absolute Gasteiger partial charge is 0.496 e. The highest BCUT2D eigenvalue weighted by molar-refractivity contribution is 8.00. The summed E-state index contributed by atoms with van der Waals surface area (Å²) in [6, 6.07) is 7.96. The van der Waals surface area contributed by atoms with E-state index in [-0.39, 0.29) is 0 Å². The van der Waals surface area contributed by atoms with Crippen LogP contribution in [0, 0.1) is 5.92 Å². The summed E-state index contributed by atoms with van der Waals surface area (Å²) >= 11 is 4.89. The zero-order chi connectivity index (χ0) is 17.6. The van der Waals surface area contributed by atoms with Crippen LogP contribution in [-0.2, 0) is 5.75 Å². The van der Waals surface area contributed by atoms with Crippen molar-refractivity contribution in [2.24, 2.45) is 5.92 Å². The molecule has 0 bridgehead atoms. The summed E-state index contributed by atoms with van der Waals surface area (Å²) in [4.78, 5) is 4.73. The second-order valence-corrected chi connectivity index (χ2v) is 8.84. The summed E-state index contributed by atoms with van der Waals surface area (Å²) in [5.74, 6) is 2.22. The van der Waals surface area contributed by atoms with Gasteiger partial charge >= 0.3 is 0 Å². The topological polar surface area (TPSA) is 59.9 Å². The molecule has 1 N–H and O–H groups in total. The van der Waals surface area contributed by atoms with Gasteiger partial charge in [0.15, 0.2) is 4.34 Å². The number of hydrogen-bond donors (Lipinski definition) is 1. The number of nitrogens with one attached hydrogen (secondary N) is 1. The number of benzene rings is 1. The molecule has 0 atom stereocenters. The fourth-order valence-electron chi connectivity index (χ4n) is 2.08. The molecule has 3 rings (SSSR count). The molecule has 0 unspecified atom stereocenters. The lowest BCUT2D eigenvalue weighted by molar-refractivity contribution is 0.416. The van der Waals surface area contributed by atoms with Crippen LogP contribution in [0.25, 0.3) is 10.6 Å². The van der Waals surface area contributed by atoms with E-state index in [1.165, 1.54) is 0 Å². The fourth-order valence-corrected chi connectivity index (χ4v) is 4.69. The van der Waals surface area contributed by atoms with Gasteiger partial charge in [0.25, 0.3) is 0 Å². The van der Waals surface area contributed by atoms with Crippen LogP contribution in [0.1, 0.15) is 19.5 Å². The summed E-state index contributed by atoms with van der Waals surface area (Å²) in [5.41, 5.74) is 2.07. The maximum Gasteiger partial charge on any atom is 0.206 e. The van der Waals surface area contributed by atoms with E-state index in [4.69, 9.17) is 9.72 Å². The van der Waals surface area contributed by atoms with Gasteiger partial charge in [0, 0.05) is 17.7 Å². The van der Waals surface area contributed by atoms with Crippen molar-refractivity contribution in [3.05, 3.63) is 35.3 Å². The van der Waals surface area contributed by atoms with Crippen LogP contribution in [0.2, 0.25) is 0 Å². The Hall–Kier alpha value is -1.64. The highest BCUT2D eigenvalue weighted by Crippen LogP contribution is 2.34. The van der Waals surface area contributed by atoms with Crippen molar-refractivity contribution >= 4 is 39.6 Å². The van der Waals surface area contributed by atoms with E-state index in [9.17, 15) is 0 Å². The molecule has 2 aromatic heterocycles. The highest BCUT2D eigenvalue weighted by Gasteiger charge is 2.11. The minimum atomic E-state index is 0.586. The van der Waals surface area contributed by atoms with Crippen molar-refractivity contribution < 1.29 is 4.74 Å². The number of thiazole rings is 1. The lowest BCUT2D eigenvalue weighted by Crippen LogP contribution is -2.07. The third kappa shape index (κ3) is 4.93. The standard InChI is InChI=1S/C17H20N4OS3/c1-11(2)8-18-16-20-21-17(25-16)24-10-12-9-23-15(19-12)13-6-4-5-7-14(13)22-3/h4-7,9,11H,8,10H2,1-3H3,(H,18,20). The number of thioether (sulfide) groups is 1. The number of anilines is 1. The van der Waals surface area contributed by atoms with Crippen molar-refractivity contribution in [1.29, 1.82) is 0 Å². The predicted octanol–water partition coefficient (Wildman–Crippen LogP) is 5.03. The molecule has 0 fully saturated rings. The third-order valence-corrected chi connectivity index (χ3v) is 6.27. The van der Waals surface area contributed by atoms with Gasteiger partial charge < -0.3 is 10.1 Å². The van der Waals surface area contributed by atoms with E-state index < -0.39 is 0 Å². The second-order valence-electron chi connectivity index (χ2n) is 5.78. The lowest BCUT2D eigenvalue weighted by Gasteiger charge is -2.04. The van der Waals surface area contributed by atoms with Gasteiger partial charge in [-0.05, 0) is 18.1 Å². The van der Waals surface area contributed by atoms with Crippen molar-refractivity contribution in [3.8, 4) is 16.3 Å². The summed E-state index contributed by atoms with van der Waals surface area (Å²) in [5, 5.41) is 15.7. The van der Waals surface area contributed by atoms with E-state index in [0.717, 1.165) is 43.8 Å². The number of ether oxygens (including phenoxy) is 1. The lowest BCUT2D eigenvalue weighted by atomic mass is 10.2. The number of rotatable bonds is 8. The quantitative estimate of drug-likeness (QED) is 0.543. The number of aromatic nitrogens is 3. The summed E-state index contributed by atoms with van der Waals surface area (Å²) in [7, 11) is 1.68. The Balaban J connectivity index is 1.60. The molecular weight excluding hydrogens is 372 g/mol. The Morgan fingerprint density at radius 1 is 1.24 bits per heavy atom. The third-order valence-electron chi connectivity index (χ3n) is 3.30. The molecule has 0 aliphatic carbocycles. The van der Waals surface area contributed by atoms with Gasteiger partial charge in [0.05, 0.1) is 18.4 Å². The smallest absolute Gasteiger partial charge is 0.206 e. The number of hydrogen-bond acceptors (Lipinski definition) is 8. The second kappa shape index (κ2) is 8.64. The molecule has 0 aliphatic heterocycles. The summed E-state index contributed by atoms with van der Waals surface area (Å²) in [6.45, 7) is 5.25. The fraction of sp³-hybridized carbons (Fsp3) is 0.353. The normalized spacial score (nSPS) is 11.0. The molecule has 0 radical (unpaired) electrons. The van der Waals surface area contributed by atoms with Crippen molar-refractivity contribution in [3.63, 3.8) is 0 Å². The summed E-state index contributed by atoms with van der Waals surface area (Å²) < 4.78 is 6.38. The molecule has 0 saturated heterocycles. The Bertz CT molecular complexity index is 816. The van der Waals surface area contributed by atoms with Gasteiger partial charge in [-0.1, -0.05) is 49.1 Å². The number of para-hydroxylation sites is 1. The van der Waals surface area contributed by atoms with Crippen LogP contribution < -0.4 is 10.1 Å². The minimum absolute atomic E-state index is 0.586. The molecule has 0 aliphatic rings. The molecule has 0 saturated carbocycles. The average molecular weight is 393 g/mol. The van der Waals surface area contributed by atoms with Gasteiger partial charge in [-0.25, -0.2) is 4.98 Å². The maximum absolute atomic E-state index is 5.42. The molecule has 5 nitrogen and oxygen atoms in total. The minimum Gasteiger partial charge on any atom is -0.496 e. The Morgan fingerprint density at radius 2 is 2.08 bits per heavy atom. The number of nitrogens with zero attached hydrogens (tertiary/aromatic N) is 3. The molecule has 3 aromatic rings. The molecule has 0 spiro atoms. The summed E-state index contributed by atoms with van der Waals surface area (Å²) in [6.07, 6.45) is 0. The Kier molecular flexibility index (Phi) is 6.28. The van der Waals surface area contributed by atoms with E-state index >= 15 is 0 Å². The molecule has 2 heterocycles. The van der Waals surface area contributed by atoms with Crippen LogP contribution in [0.5, 0.6) is 5.75 Å². The van der Waals surface area contributed by atoms with E-state index in [1.807, 2.05) is 24.3 Å². The van der Waals surface area contributed by atoms with Gasteiger partial charge in [-0.2, -0.15) is 0 Å². The maximum atomic E-state index is 5.42. The van der Waals surface area contributed by atoms with Crippen LogP contribution in [0.4, 0.5) is 5.13 Å². The van der Waals surface area contributed by atoms with E-state index in [2.05, 4.69) is 34.7 Å².